The number of carbonyl (C=O) groups is 1. The summed E-state index contributed by atoms with van der Waals surface area (Å²) in [6.45, 7) is 1.70. The van der Waals surface area contributed by atoms with Gasteiger partial charge in [0.25, 0.3) is 5.91 Å². The summed E-state index contributed by atoms with van der Waals surface area (Å²) in [4.78, 5) is 16.9. The number of alkyl halides is 3. The van der Waals surface area contributed by atoms with Crippen molar-refractivity contribution >= 4 is 40.4 Å². The van der Waals surface area contributed by atoms with Crippen molar-refractivity contribution in [2.45, 2.75) is 19.5 Å². The van der Waals surface area contributed by atoms with Gasteiger partial charge >= 0.3 is 6.18 Å². The normalized spacial score (nSPS) is 11.8. The van der Waals surface area contributed by atoms with E-state index in [0.29, 0.717) is 0 Å². The van der Waals surface area contributed by atoms with E-state index >= 15 is 0 Å². The number of benzene rings is 1. The SMILES string of the molecule is CCc1nc2c(Cl)cc(C(F)(F)F)cn2c1C(=O)Nc1cc(Cl)ccc1O. The number of nitrogens with zero attached hydrogens (tertiary/aromatic N) is 2. The molecule has 0 bridgehead atoms. The van der Waals surface area contributed by atoms with Crippen molar-refractivity contribution in [3.05, 3.63) is 57.5 Å². The highest BCUT2D eigenvalue weighted by Crippen LogP contribution is 2.34. The maximum Gasteiger partial charge on any atom is 0.417 e. The Kier molecular flexibility index (Phi) is 4.96. The van der Waals surface area contributed by atoms with Gasteiger partial charge in [-0.25, -0.2) is 4.98 Å². The number of pyridine rings is 1. The molecule has 0 spiro atoms. The number of imidazole rings is 1. The number of hydrogen-bond acceptors (Lipinski definition) is 3. The van der Waals surface area contributed by atoms with Crippen molar-refractivity contribution < 1.29 is 23.1 Å². The van der Waals surface area contributed by atoms with Crippen LogP contribution in [0.5, 0.6) is 5.75 Å². The number of aromatic hydroxyl groups is 1. The molecule has 1 amide bonds. The number of nitrogens with one attached hydrogen (secondary N) is 1. The summed E-state index contributed by atoms with van der Waals surface area (Å²) in [5.41, 5.74) is -0.820. The zero-order chi connectivity index (χ0) is 19.9. The van der Waals surface area contributed by atoms with Crippen LogP contribution in [0.4, 0.5) is 18.9 Å². The largest absolute Gasteiger partial charge is 0.506 e. The van der Waals surface area contributed by atoms with Crippen molar-refractivity contribution in [2.75, 3.05) is 5.32 Å². The smallest absolute Gasteiger partial charge is 0.417 e. The quantitative estimate of drug-likeness (QED) is 0.576. The molecule has 0 unspecified atom stereocenters. The minimum atomic E-state index is -4.65. The van der Waals surface area contributed by atoms with Crippen LogP contribution in [0.3, 0.4) is 0 Å². The number of carbonyl (C=O) groups excluding carboxylic acids is 1. The van der Waals surface area contributed by atoms with Gasteiger partial charge < -0.3 is 10.4 Å². The topological polar surface area (TPSA) is 66.6 Å². The number of fused-ring (bicyclic) bond motifs is 1. The van der Waals surface area contributed by atoms with E-state index in [-0.39, 0.29) is 44.9 Å². The number of hydrogen-bond donors (Lipinski definition) is 2. The Morgan fingerprint density at radius 1 is 1.30 bits per heavy atom. The molecule has 0 fully saturated rings. The van der Waals surface area contributed by atoms with E-state index in [4.69, 9.17) is 23.2 Å². The molecule has 0 radical (unpaired) electrons. The molecule has 10 heteroatoms. The van der Waals surface area contributed by atoms with Gasteiger partial charge in [0.05, 0.1) is 22.0 Å². The van der Waals surface area contributed by atoms with E-state index in [1.165, 1.54) is 18.2 Å². The molecule has 3 aromatic rings. The first kappa shape index (κ1) is 19.3. The van der Waals surface area contributed by atoms with Gasteiger partial charge in [-0.1, -0.05) is 30.1 Å². The summed E-state index contributed by atoms with van der Waals surface area (Å²) in [6, 6.07) is 4.78. The number of rotatable bonds is 3. The van der Waals surface area contributed by atoms with Gasteiger partial charge in [0.15, 0.2) is 5.65 Å². The van der Waals surface area contributed by atoms with Gasteiger partial charge in [-0.3, -0.25) is 9.20 Å². The van der Waals surface area contributed by atoms with E-state index in [1.54, 1.807) is 6.92 Å². The highest BCUT2D eigenvalue weighted by atomic mass is 35.5. The predicted octanol–water partition coefficient (Wildman–Crippen LogP) is 5.18. The summed E-state index contributed by atoms with van der Waals surface area (Å²) >= 11 is 11.8. The average Bonchev–Trinajstić information content (AvgIpc) is 2.96. The number of phenols is 1. The van der Waals surface area contributed by atoms with Gasteiger partial charge in [-0.2, -0.15) is 13.2 Å². The lowest BCUT2D eigenvalue weighted by Crippen LogP contribution is -2.17. The Balaban J connectivity index is 2.15. The fourth-order valence-electron chi connectivity index (χ4n) is 2.58. The lowest BCUT2D eigenvalue weighted by molar-refractivity contribution is -0.137. The van der Waals surface area contributed by atoms with Gasteiger partial charge in [0.1, 0.15) is 11.4 Å². The molecular formula is C17H12Cl2F3N3O2. The van der Waals surface area contributed by atoms with E-state index in [2.05, 4.69) is 10.3 Å². The monoisotopic (exact) mass is 417 g/mol. The van der Waals surface area contributed by atoms with Crippen LogP contribution in [0.1, 0.15) is 28.7 Å². The van der Waals surface area contributed by atoms with Crippen LogP contribution in [0.2, 0.25) is 10.0 Å². The van der Waals surface area contributed by atoms with E-state index < -0.39 is 17.6 Å². The Labute approximate surface area is 161 Å². The van der Waals surface area contributed by atoms with Crippen LogP contribution in [0, 0.1) is 0 Å². The third-order valence-electron chi connectivity index (χ3n) is 3.83. The molecule has 142 valence electrons. The van der Waals surface area contributed by atoms with Crippen molar-refractivity contribution in [3.8, 4) is 5.75 Å². The second-order valence-electron chi connectivity index (χ2n) is 5.64. The van der Waals surface area contributed by atoms with Crippen molar-refractivity contribution in [1.82, 2.24) is 9.38 Å². The molecule has 5 nitrogen and oxygen atoms in total. The second kappa shape index (κ2) is 6.94. The number of phenolic OH excluding ortho intramolecular Hbond substituents is 1. The minimum Gasteiger partial charge on any atom is -0.506 e. The molecule has 0 saturated carbocycles. The Hall–Kier alpha value is -2.45. The molecule has 0 saturated heterocycles. The first-order chi connectivity index (χ1) is 12.6. The Morgan fingerprint density at radius 2 is 2.00 bits per heavy atom. The molecule has 2 aromatic heterocycles. The summed E-state index contributed by atoms with van der Waals surface area (Å²) < 4.78 is 40.4. The molecule has 27 heavy (non-hydrogen) atoms. The number of aryl methyl sites for hydroxylation is 1. The van der Waals surface area contributed by atoms with Gasteiger partial charge in [0, 0.05) is 11.2 Å². The van der Waals surface area contributed by atoms with Gasteiger partial charge in [-0.05, 0) is 30.7 Å². The fraction of sp³-hybridized carbons (Fsp3) is 0.176. The maximum atomic E-state index is 13.1. The predicted molar refractivity (Wildman–Crippen MR) is 95.7 cm³/mol. The molecule has 1 aromatic carbocycles. The summed E-state index contributed by atoms with van der Waals surface area (Å²) in [6.07, 6.45) is -3.60. The number of aromatic nitrogens is 2. The highest BCUT2D eigenvalue weighted by molar-refractivity contribution is 6.33. The van der Waals surface area contributed by atoms with E-state index in [9.17, 15) is 23.1 Å². The van der Waals surface area contributed by atoms with Crippen LogP contribution in [0.15, 0.2) is 30.5 Å². The van der Waals surface area contributed by atoms with Crippen LogP contribution >= 0.6 is 23.2 Å². The zero-order valence-electron chi connectivity index (χ0n) is 13.7. The molecule has 0 aliphatic carbocycles. The van der Waals surface area contributed by atoms with E-state index in [1.807, 2.05) is 0 Å². The number of amides is 1. The maximum absolute atomic E-state index is 13.1. The summed E-state index contributed by atoms with van der Waals surface area (Å²) in [5.74, 6) is -0.999. The summed E-state index contributed by atoms with van der Waals surface area (Å²) in [5, 5.41) is 12.3. The van der Waals surface area contributed by atoms with Gasteiger partial charge in [0.2, 0.25) is 0 Å². The first-order valence-electron chi connectivity index (χ1n) is 7.69. The molecular weight excluding hydrogens is 406 g/mol. The lowest BCUT2D eigenvalue weighted by Gasteiger charge is -2.11. The highest BCUT2D eigenvalue weighted by Gasteiger charge is 2.33. The fourth-order valence-corrected chi connectivity index (χ4v) is 3.01. The van der Waals surface area contributed by atoms with Crippen LogP contribution in [0.25, 0.3) is 5.65 Å². The Bertz CT molecular complexity index is 1050. The zero-order valence-corrected chi connectivity index (χ0v) is 15.2. The van der Waals surface area contributed by atoms with Crippen LogP contribution in [-0.4, -0.2) is 20.4 Å². The lowest BCUT2D eigenvalue weighted by atomic mass is 10.2. The second-order valence-corrected chi connectivity index (χ2v) is 6.49. The molecule has 2 heterocycles. The number of anilines is 1. The summed E-state index contributed by atoms with van der Waals surface area (Å²) in [7, 11) is 0. The van der Waals surface area contributed by atoms with Gasteiger partial charge in [-0.15, -0.1) is 0 Å². The standard InChI is InChI=1S/C17H12Cl2F3N3O2/c1-2-11-14(16(27)24-12-6-9(18)3-4-13(12)26)25-7-8(17(20,21)22)5-10(19)15(25)23-11/h3-7,26H,2H2,1H3,(H,24,27). The van der Waals surface area contributed by atoms with Crippen LogP contribution in [-0.2, 0) is 12.6 Å². The average molecular weight is 418 g/mol. The number of halogens is 5. The van der Waals surface area contributed by atoms with Crippen molar-refractivity contribution in [3.63, 3.8) is 0 Å². The van der Waals surface area contributed by atoms with E-state index in [0.717, 1.165) is 16.7 Å². The molecule has 2 N–H and O–H groups in total. The Morgan fingerprint density at radius 3 is 2.63 bits per heavy atom. The van der Waals surface area contributed by atoms with Crippen molar-refractivity contribution in [1.29, 1.82) is 0 Å². The van der Waals surface area contributed by atoms with Crippen molar-refractivity contribution in [2.24, 2.45) is 0 Å². The first-order valence-corrected chi connectivity index (χ1v) is 8.45. The molecule has 0 aliphatic rings. The molecule has 3 rings (SSSR count). The third-order valence-corrected chi connectivity index (χ3v) is 4.34. The minimum absolute atomic E-state index is 0.0163. The molecule has 0 atom stereocenters. The third kappa shape index (κ3) is 3.68. The molecule has 0 aliphatic heterocycles. The van der Waals surface area contributed by atoms with Crippen LogP contribution < -0.4 is 5.32 Å².